The fourth-order valence-corrected chi connectivity index (χ4v) is 3.00. The van der Waals surface area contributed by atoms with Crippen molar-refractivity contribution in [3.8, 4) is 5.69 Å². The number of aryl methyl sites for hydroxylation is 1. The van der Waals surface area contributed by atoms with E-state index in [4.69, 9.17) is 5.73 Å². The van der Waals surface area contributed by atoms with Crippen molar-refractivity contribution in [3.63, 3.8) is 0 Å². The van der Waals surface area contributed by atoms with Gasteiger partial charge in [0.2, 0.25) is 0 Å². The minimum absolute atomic E-state index is 0.0938. The standard InChI is InChI=1S/C17H22FN3/c1-2-13(19)9-12-7-8-16(14(18)10-12)21-11-20-15-5-3-4-6-17(15)21/h7-8,10-11,13H,2-6,9,19H2,1H3. The zero-order valence-electron chi connectivity index (χ0n) is 12.5. The second-order valence-corrected chi connectivity index (χ2v) is 5.87. The van der Waals surface area contributed by atoms with Crippen molar-refractivity contribution >= 4 is 0 Å². The lowest BCUT2D eigenvalue weighted by Crippen LogP contribution is -2.21. The Balaban J connectivity index is 1.91. The molecule has 0 fully saturated rings. The summed E-state index contributed by atoms with van der Waals surface area (Å²) in [5.41, 5.74) is 9.78. The second-order valence-electron chi connectivity index (χ2n) is 5.87. The predicted octanol–water partition coefficient (Wildman–Crippen LogP) is 3.17. The number of nitrogens with zero attached hydrogens (tertiary/aromatic N) is 2. The molecule has 0 aliphatic heterocycles. The molecule has 3 rings (SSSR count). The summed E-state index contributed by atoms with van der Waals surface area (Å²) < 4.78 is 16.4. The normalized spacial score (nSPS) is 15.8. The van der Waals surface area contributed by atoms with Gasteiger partial charge in [0.1, 0.15) is 5.82 Å². The zero-order valence-corrected chi connectivity index (χ0v) is 12.5. The van der Waals surface area contributed by atoms with Crippen LogP contribution in [0.4, 0.5) is 4.39 Å². The number of hydrogen-bond donors (Lipinski definition) is 1. The molecule has 0 amide bonds. The van der Waals surface area contributed by atoms with Crippen LogP contribution in [-0.2, 0) is 19.3 Å². The Morgan fingerprint density at radius 3 is 2.90 bits per heavy atom. The Labute approximate surface area is 125 Å². The number of imidazole rings is 1. The van der Waals surface area contributed by atoms with Crippen LogP contribution in [-0.4, -0.2) is 15.6 Å². The number of rotatable bonds is 4. The first kappa shape index (κ1) is 14.3. The van der Waals surface area contributed by atoms with Crippen molar-refractivity contribution in [2.75, 3.05) is 0 Å². The number of nitrogens with two attached hydrogens (primary N) is 1. The molecule has 0 spiro atoms. The summed E-state index contributed by atoms with van der Waals surface area (Å²) in [4.78, 5) is 4.43. The van der Waals surface area contributed by atoms with E-state index in [-0.39, 0.29) is 11.9 Å². The van der Waals surface area contributed by atoms with E-state index in [0.717, 1.165) is 49.1 Å². The van der Waals surface area contributed by atoms with Crippen LogP contribution in [0.1, 0.15) is 43.1 Å². The van der Waals surface area contributed by atoms with Crippen LogP contribution in [0, 0.1) is 5.82 Å². The van der Waals surface area contributed by atoms with Gasteiger partial charge >= 0.3 is 0 Å². The summed E-state index contributed by atoms with van der Waals surface area (Å²) in [6.07, 6.45) is 7.70. The molecule has 1 aliphatic carbocycles. The van der Waals surface area contributed by atoms with Gasteiger partial charge < -0.3 is 10.3 Å². The van der Waals surface area contributed by atoms with Crippen LogP contribution in [0.3, 0.4) is 0 Å². The molecule has 1 aliphatic rings. The highest BCUT2D eigenvalue weighted by Crippen LogP contribution is 2.25. The molecule has 1 aromatic heterocycles. The van der Waals surface area contributed by atoms with Gasteiger partial charge in [-0.1, -0.05) is 13.0 Å². The number of halogens is 1. The van der Waals surface area contributed by atoms with Crippen LogP contribution < -0.4 is 5.73 Å². The van der Waals surface area contributed by atoms with Crippen LogP contribution in [0.2, 0.25) is 0 Å². The molecule has 0 radical (unpaired) electrons. The lowest BCUT2D eigenvalue weighted by Gasteiger charge is -2.15. The van der Waals surface area contributed by atoms with Crippen molar-refractivity contribution in [1.82, 2.24) is 9.55 Å². The van der Waals surface area contributed by atoms with Gasteiger partial charge in [0.25, 0.3) is 0 Å². The Kier molecular flexibility index (Phi) is 4.06. The monoisotopic (exact) mass is 287 g/mol. The Morgan fingerprint density at radius 1 is 1.33 bits per heavy atom. The molecule has 4 heteroatoms. The largest absolute Gasteiger partial charge is 0.327 e. The summed E-state index contributed by atoms with van der Waals surface area (Å²) in [7, 11) is 0. The summed E-state index contributed by atoms with van der Waals surface area (Å²) in [6.45, 7) is 2.05. The number of benzene rings is 1. The molecule has 21 heavy (non-hydrogen) atoms. The summed E-state index contributed by atoms with van der Waals surface area (Å²) in [6, 6.07) is 5.53. The molecule has 1 unspecified atom stereocenters. The molecule has 1 atom stereocenters. The van der Waals surface area contributed by atoms with E-state index >= 15 is 0 Å². The zero-order chi connectivity index (χ0) is 14.8. The van der Waals surface area contributed by atoms with Crippen LogP contribution in [0.5, 0.6) is 0 Å². The minimum Gasteiger partial charge on any atom is -0.327 e. The molecule has 112 valence electrons. The molecule has 2 aromatic rings. The van der Waals surface area contributed by atoms with Gasteiger partial charge in [0, 0.05) is 11.7 Å². The van der Waals surface area contributed by atoms with E-state index in [1.807, 2.05) is 23.6 Å². The van der Waals surface area contributed by atoms with E-state index in [0.29, 0.717) is 5.69 Å². The average Bonchev–Trinajstić information content (AvgIpc) is 2.91. The second kappa shape index (κ2) is 5.98. The van der Waals surface area contributed by atoms with Crippen molar-refractivity contribution in [1.29, 1.82) is 0 Å². The molecule has 2 N–H and O–H groups in total. The van der Waals surface area contributed by atoms with Crippen LogP contribution in [0.25, 0.3) is 5.69 Å². The predicted molar refractivity (Wildman–Crippen MR) is 82.1 cm³/mol. The fourth-order valence-electron chi connectivity index (χ4n) is 3.00. The molecule has 0 bridgehead atoms. The van der Waals surface area contributed by atoms with Gasteiger partial charge in [-0.3, -0.25) is 0 Å². The molecular weight excluding hydrogens is 265 g/mol. The average molecular weight is 287 g/mol. The third-order valence-electron chi connectivity index (χ3n) is 4.32. The molecule has 0 saturated carbocycles. The van der Waals surface area contributed by atoms with Crippen molar-refractivity contribution in [2.24, 2.45) is 5.73 Å². The van der Waals surface area contributed by atoms with Crippen molar-refractivity contribution < 1.29 is 4.39 Å². The van der Waals surface area contributed by atoms with Gasteiger partial charge in [0.05, 0.1) is 17.7 Å². The van der Waals surface area contributed by atoms with E-state index < -0.39 is 0 Å². The summed E-state index contributed by atoms with van der Waals surface area (Å²) >= 11 is 0. The molecular formula is C17H22FN3. The Morgan fingerprint density at radius 2 is 2.14 bits per heavy atom. The Bertz CT molecular complexity index is 633. The van der Waals surface area contributed by atoms with Gasteiger partial charge in [-0.05, 0) is 56.2 Å². The van der Waals surface area contributed by atoms with Crippen molar-refractivity contribution in [3.05, 3.63) is 47.3 Å². The minimum atomic E-state index is -0.193. The number of fused-ring (bicyclic) bond motifs is 1. The lowest BCUT2D eigenvalue weighted by molar-refractivity contribution is 0.600. The quantitative estimate of drug-likeness (QED) is 0.938. The third-order valence-corrected chi connectivity index (χ3v) is 4.32. The van der Waals surface area contributed by atoms with Gasteiger partial charge in [-0.15, -0.1) is 0 Å². The highest BCUT2D eigenvalue weighted by Gasteiger charge is 2.18. The van der Waals surface area contributed by atoms with E-state index in [1.54, 1.807) is 12.4 Å². The van der Waals surface area contributed by atoms with Crippen LogP contribution >= 0.6 is 0 Å². The lowest BCUT2D eigenvalue weighted by atomic mass is 10.0. The third kappa shape index (κ3) is 2.86. The van der Waals surface area contributed by atoms with Crippen molar-refractivity contribution in [2.45, 2.75) is 51.5 Å². The van der Waals surface area contributed by atoms with E-state index in [1.165, 1.54) is 6.42 Å². The van der Waals surface area contributed by atoms with Gasteiger partial charge in [0.15, 0.2) is 0 Å². The van der Waals surface area contributed by atoms with E-state index in [2.05, 4.69) is 4.98 Å². The molecule has 1 heterocycles. The van der Waals surface area contributed by atoms with Gasteiger partial charge in [-0.25, -0.2) is 9.37 Å². The maximum Gasteiger partial charge on any atom is 0.147 e. The summed E-state index contributed by atoms with van der Waals surface area (Å²) in [5.74, 6) is -0.193. The van der Waals surface area contributed by atoms with Crippen LogP contribution in [0.15, 0.2) is 24.5 Å². The fraction of sp³-hybridized carbons (Fsp3) is 0.471. The van der Waals surface area contributed by atoms with Gasteiger partial charge in [-0.2, -0.15) is 0 Å². The topological polar surface area (TPSA) is 43.8 Å². The number of aromatic nitrogens is 2. The highest BCUT2D eigenvalue weighted by molar-refractivity contribution is 5.40. The molecule has 0 saturated heterocycles. The Hall–Kier alpha value is -1.68. The van der Waals surface area contributed by atoms with E-state index in [9.17, 15) is 4.39 Å². The smallest absolute Gasteiger partial charge is 0.147 e. The summed E-state index contributed by atoms with van der Waals surface area (Å²) in [5, 5.41) is 0. The first-order chi connectivity index (χ1) is 10.2. The molecule has 1 aromatic carbocycles. The maximum atomic E-state index is 14.4. The SMILES string of the molecule is CCC(N)Cc1ccc(-n2cnc3c2CCCC3)c(F)c1. The molecule has 3 nitrogen and oxygen atoms in total. The first-order valence-electron chi connectivity index (χ1n) is 7.78. The maximum absolute atomic E-state index is 14.4. The highest BCUT2D eigenvalue weighted by atomic mass is 19.1. The first-order valence-corrected chi connectivity index (χ1v) is 7.78. The number of hydrogen-bond acceptors (Lipinski definition) is 2.